The number of nitrogens with zero attached hydrogens (tertiary/aromatic N) is 2. The zero-order chi connectivity index (χ0) is 34.3. The van der Waals surface area contributed by atoms with Gasteiger partial charge in [0.25, 0.3) is 10.0 Å². The molecule has 0 bridgehead atoms. The van der Waals surface area contributed by atoms with Crippen LogP contribution in [0, 0.1) is 13.8 Å². The molecular formula is C38H41Cl2N3O4S. The first kappa shape index (κ1) is 35.5. The Kier molecular flexibility index (Phi) is 11.8. The van der Waals surface area contributed by atoms with Crippen molar-refractivity contribution in [3.8, 4) is 0 Å². The Balaban J connectivity index is 1.59. The molecule has 1 unspecified atom stereocenters. The third-order valence-corrected chi connectivity index (χ3v) is 11.1. The lowest BCUT2D eigenvalue weighted by atomic mass is 9.94. The van der Waals surface area contributed by atoms with Crippen LogP contribution >= 0.6 is 23.2 Å². The number of benzene rings is 4. The summed E-state index contributed by atoms with van der Waals surface area (Å²) in [6, 6.07) is 27.3. The summed E-state index contributed by atoms with van der Waals surface area (Å²) in [5.41, 5.74) is 3.65. The van der Waals surface area contributed by atoms with Gasteiger partial charge in [-0.3, -0.25) is 13.9 Å². The van der Waals surface area contributed by atoms with Crippen molar-refractivity contribution in [1.29, 1.82) is 0 Å². The van der Waals surface area contributed by atoms with Gasteiger partial charge in [-0.15, -0.1) is 0 Å². The van der Waals surface area contributed by atoms with Crippen LogP contribution in [0.2, 0.25) is 10.0 Å². The van der Waals surface area contributed by atoms with Gasteiger partial charge in [-0.1, -0.05) is 120 Å². The van der Waals surface area contributed by atoms with E-state index < -0.39 is 28.5 Å². The summed E-state index contributed by atoms with van der Waals surface area (Å²) in [6.45, 7) is 3.31. The largest absolute Gasteiger partial charge is 0.352 e. The number of carbonyl (C=O) groups is 2. The van der Waals surface area contributed by atoms with Gasteiger partial charge >= 0.3 is 0 Å². The predicted molar refractivity (Wildman–Crippen MR) is 193 cm³/mol. The molecule has 1 aliphatic carbocycles. The van der Waals surface area contributed by atoms with Crippen LogP contribution in [0.5, 0.6) is 0 Å². The quantitative estimate of drug-likeness (QED) is 0.162. The predicted octanol–water partition coefficient (Wildman–Crippen LogP) is 7.89. The summed E-state index contributed by atoms with van der Waals surface area (Å²) < 4.78 is 29.6. The Morgan fingerprint density at radius 3 is 2.19 bits per heavy atom. The number of hydrogen-bond donors (Lipinski definition) is 1. The van der Waals surface area contributed by atoms with E-state index in [0.29, 0.717) is 0 Å². The number of nitrogens with one attached hydrogen (secondary N) is 1. The Bertz CT molecular complexity index is 1830. The molecule has 5 rings (SSSR count). The molecule has 0 aromatic heterocycles. The second-order valence-electron chi connectivity index (χ2n) is 12.5. The van der Waals surface area contributed by atoms with Crippen molar-refractivity contribution in [2.45, 2.75) is 75.9 Å². The highest BCUT2D eigenvalue weighted by atomic mass is 35.5. The average Bonchev–Trinajstić information content (AvgIpc) is 3.07. The Hall–Kier alpha value is -3.85. The van der Waals surface area contributed by atoms with Gasteiger partial charge in [-0.2, -0.15) is 0 Å². The fraction of sp³-hybridized carbons (Fsp3) is 0.316. The fourth-order valence-corrected chi connectivity index (χ4v) is 7.99. The molecule has 1 N–H and O–H groups in total. The topological polar surface area (TPSA) is 86.8 Å². The van der Waals surface area contributed by atoms with Crippen LogP contribution in [0.15, 0.2) is 102 Å². The van der Waals surface area contributed by atoms with E-state index in [2.05, 4.69) is 5.32 Å². The second-order valence-corrected chi connectivity index (χ2v) is 15.2. The van der Waals surface area contributed by atoms with Gasteiger partial charge in [-0.05, 0) is 68.1 Å². The Labute approximate surface area is 293 Å². The van der Waals surface area contributed by atoms with E-state index in [0.717, 1.165) is 58.7 Å². The molecular weight excluding hydrogens is 665 g/mol. The lowest BCUT2D eigenvalue weighted by molar-refractivity contribution is -0.140. The molecule has 0 spiro atoms. The lowest BCUT2D eigenvalue weighted by Crippen LogP contribution is -2.55. The number of sulfonamides is 1. The molecule has 2 amide bonds. The fourth-order valence-electron chi connectivity index (χ4n) is 6.13. The smallest absolute Gasteiger partial charge is 0.264 e. The molecule has 4 aromatic carbocycles. The normalized spacial score (nSPS) is 14.2. The standard InChI is InChI=1S/C38H41Cl2N3O4S/c1-27-16-19-33(20-17-27)48(46,47)43(35-24-31(39)18-21-34(35)40)26-37(44)42(25-30-13-9-10-28(2)22-30)36(23-29-11-5-3-6-12-29)38(45)41-32-14-7-4-8-15-32/h3,5-6,9-13,16-22,24,32,36H,4,7-8,14-15,23,25-26H2,1-2H3,(H,41,45). The van der Waals surface area contributed by atoms with Crippen LogP contribution < -0.4 is 9.62 Å². The van der Waals surface area contributed by atoms with Crippen LogP contribution in [-0.4, -0.2) is 43.8 Å². The summed E-state index contributed by atoms with van der Waals surface area (Å²) in [5.74, 6) is -0.816. The highest BCUT2D eigenvalue weighted by molar-refractivity contribution is 7.92. The van der Waals surface area contributed by atoms with Crippen molar-refractivity contribution in [2.75, 3.05) is 10.8 Å². The summed E-state index contributed by atoms with van der Waals surface area (Å²) in [5, 5.41) is 3.61. The molecule has 1 atom stereocenters. The number of amides is 2. The van der Waals surface area contributed by atoms with Crippen LogP contribution in [0.4, 0.5) is 5.69 Å². The molecule has 0 radical (unpaired) electrons. The van der Waals surface area contributed by atoms with E-state index in [1.165, 1.54) is 29.2 Å². The first-order chi connectivity index (χ1) is 23.0. The summed E-state index contributed by atoms with van der Waals surface area (Å²) in [6.07, 6.45) is 5.21. The monoisotopic (exact) mass is 705 g/mol. The van der Waals surface area contributed by atoms with Gasteiger partial charge in [0, 0.05) is 24.0 Å². The summed E-state index contributed by atoms with van der Waals surface area (Å²) in [7, 11) is -4.30. The summed E-state index contributed by atoms with van der Waals surface area (Å²) >= 11 is 12.9. The van der Waals surface area contributed by atoms with Crippen LogP contribution in [0.3, 0.4) is 0 Å². The Morgan fingerprint density at radius 2 is 1.50 bits per heavy atom. The van der Waals surface area contributed by atoms with E-state index in [4.69, 9.17) is 23.2 Å². The molecule has 252 valence electrons. The number of anilines is 1. The van der Waals surface area contributed by atoms with Gasteiger partial charge in [0.2, 0.25) is 11.8 Å². The minimum atomic E-state index is -4.30. The zero-order valence-corrected chi connectivity index (χ0v) is 29.6. The SMILES string of the molecule is Cc1ccc(S(=O)(=O)N(CC(=O)N(Cc2cccc(C)c2)C(Cc2ccccc2)C(=O)NC2CCCCC2)c2cc(Cl)ccc2Cl)cc1. The van der Waals surface area contributed by atoms with E-state index in [9.17, 15) is 18.0 Å². The van der Waals surface area contributed by atoms with Crippen LogP contribution in [0.1, 0.15) is 54.4 Å². The number of halogens is 2. The second kappa shape index (κ2) is 16.0. The molecule has 1 fully saturated rings. The molecule has 0 aliphatic heterocycles. The molecule has 0 saturated heterocycles. The van der Waals surface area contributed by atoms with Crippen LogP contribution in [-0.2, 0) is 32.6 Å². The van der Waals surface area contributed by atoms with Crippen molar-refractivity contribution in [1.82, 2.24) is 10.2 Å². The maximum atomic E-state index is 14.7. The minimum Gasteiger partial charge on any atom is -0.352 e. The van der Waals surface area contributed by atoms with Crippen molar-refractivity contribution in [2.24, 2.45) is 0 Å². The van der Waals surface area contributed by atoms with Crippen molar-refractivity contribution in [3.05, 3.63) is 129 Å². The number of rotatable bonds is 12. The third kappa shape index (κ3) is 8.98. The first-order valence-corrected chi connectivity index (χ1v) is 18.4. The minimum absolute atomic E-state index is 0.00180. The average molecular weight is 707 g/mol. The molecule has 48 heavy (non-hydrogen) atoms. The summed E-state index contributed by atoms with van der Waals surface area (Å²) in [4.78, 5) is 30.5. The highest BCUT2D eigenvalue weighted by Gasteiger charge is 2.36. The van der Waals surface area contributed by atoms with Crippen molar-refractivity contribution >= 4 is 50.7 Å². The van der Waals surface area contributed by atoms with Crippen LogP contribution in [0.25, 0.3) is 0 Å². The molecule has 7 nitrogen and oxygen atoms in total. The van der Waals surface area contributed by atoms with Gasteiger partial charge in [0.1, 0.15) is 12.6 Å². The van der Waals surface area contributed by atoms with E-state index in [-0.39, 0.29) is 45.5 Å². The van der Waals surface area contributed by atoms with E-state index >= 15 is 0 Å². The molecule has 10 heteroatoms. The Morgan fingerprint density at radius 1 is 0.812 bits per heavy atom. The molecule has 1 aliphatic rings. The van der Waals surface area contributed by atoms with Crippen molar-refractivity contribution < 1.29 is 18.0 Å². The molecule has 4 aromatic rings. The highest BCUT2D eigenvalue weighted by Crippen LogP contribution is 2.33. The third-order valence-electron chi connectivity index (χ3n) is 8.72. The van der Waals surface area contributed by atoms with Gasteiger partial charge < -0.3 is 10.2 Å². The lowest BCUT2D eigenvalue weighted by Gasteiger charge is -2.35. The first-order valence-electron chi connectivity index (χ1n) is 16.2. The molecule has 1 saturated carbocycles. The van der Waals surface area contributed by atoms with E-state index in [1.807, 2.05) is 68.4 Å². The van der Waals surface area contributed by atoms with Gasteiger partial charge in [0.15, 0.2) is 0 Å². The van der Waals surface area contributed by atoms with Gasteiger partial charge in [0.05, 0.1) is 15.6 Å². The van der Waals surface area contributed by atoms with E-state index in [1.54, 1.807) is 18.2 Å². The maximum Gasteiger partial charge on any atom is 0.264 e. The maximum absolute atomic E-state index is 14.7. The number of aryl methyl sites for hydroxylation is 2. The number of carbonyl (C=O) groups excluding carboxylic acids is 2. The van der Waals surface area contributed by atoms with Crippen molar-refractivity contribution in [3.63, 3.8) is 0 Å². The zero-order valence-electron chi connectivity index (χ0n) is 27.2. The van der Waals surface area contributed by atoms with Gasteiger partial charge in [-0.25, -0.2) is 8.42 Å². The number of hydrogen-bond acceptors (Lipinski definition) is 4. The molecule has 0 heterocycles.